The number of carbonyl (C=O) groups excluding carboxylic acids is 1. The molecule has 1 heterocycles. The first-order chi connectivity index (χ1) is 6.15. The number of thiazole rings is 1. The van der Waals surface area contributed by atoms with Crippen LogP contribution in [0.2, 0.25) is 0 Å². The molecule has 0 saturated carbocycles. The molecule has 1 rings (SSSR count). The monoisotopic (exact) mass is 199 g/mol. The quantitative estimate of drug-likeness (QED) is 0.745. The zero-order valence-electron chi connectivity index (χ0n) is 7.70. The fourth-order valence-corrected chi connectivity index (χ4v) is 1.89. The van der Waals surface area contributed by atoms with Gasteiger partial charge in [0.25, 0.3) is 0 Å². The number of nitrogens with one attached hydrogen (secondary N) is 1. The molecule has 4 nitrogen and oxygen atoms in total. The van der Waals surface area contributed by atoms with E-state index in [2.05, 4.69) is 10.3 Å². The lowest BCUT2D eigenvalue weighted by Crippen LogP contribution is -2.33. The van der Waals surface area contributed by atoms with Crippen LogP contribution >= 0.6 is 11.3 Å². The third-order valence-electron chi connectivity index (χ3n) is 1.58. The molecule has 3 N–H and O–H groups in total. The molecule has 1 aromatic rings. The molecule has 1 amide bonds. The summed E-state index contributed by atoms with van der Waals surface area (Å²) in [5.41, 5.74) is 6.15. The molecule has 0 radical (unpaired) electrons. The second kappa shape index (κ2) is 4.34. The Hall–Kier alpha value is -0.940. The number of amides is 1. The van der Waals surface area contributed by atoms with E-state index < -0.39 is 6.04 Å². The van der Waals surface area contributed by atoms with Gasteiger partial charge in [-0.3, -0.25) is 4.79 Å². The number of carbonyl (C=O) groups is 1. The van der Waals surface area contributed by atoms with Gasteiger partial charge in [0, 0.05) is 11.1 Å². The maximum absolute atomic E-state index is 11.0. The molecular weight excluding hydrogens is 186 g/mol. The molecule has 0 saturated heterocycles. The van der Waals surface area contributed by atoms with Gasteiger partial charge in [0.05, 0.1) is 0 Å². The van der Waals surface area contributed by atoms with Gasteiger partial charge in [-0.05, 0) is 13.5 Å². The zero-order chi connectivity index (χ0) is 9.84. The molecular formula is C8H13N3OS. The highest BCUT2D eigenvalue weighted by Gasteiger charge is 2.19. The average Bonchev–Trinajstić information content (AvgIpc) is 2.46. The van der Waals surface area contributed by atoms with E-state index in [1.54, 1.807) is 0 Å². The molecule has 0 spiro atoms. The second-order valence-electron chi connectivity index (χ2n) is 2.72. The standard InChI is InChI=1S/C8H13N3OS/c1-3-10-6(7(9)12)8-11-5(2)4-13-8/h4,6,10H,3H2,1-2H3,(H2,9,12). The van der Waals surface area contributed by atoms with E-state index in [0.717, 1.165) is 10.7 Å². The number of aromatic nitrogens is 1. The summed E-state index contributed by atoms with van der Waals surface area (Å²) < 4.78 is 0. The Kier molecular flexibility index (Phi) is 3.39. The Morgan fingerprint density at radius 1 is 1.85 bits per heavy atom. The van der Waals surface area contributed by atoms with Gasteiger partial charge in [-0.1, -0.05) is 6.92 Å². The van der Waals surface area contributed by atoms with Crippen molar-refractivity contribution < 1.29 is 4.79 Å². The molecule has 0 aliphatic rings. The highest BCUT2D eigenvalue weighted by molar-refractivity contribution is 7.09. The third kappa shape index (κ3) is 2.50. The minimum atomic E-state index is -0.441. The topological polar surface area (TPSA) is 68.0 Å². The summed E-state index contributed by atoms with van der Waals surface area (Å²) in [7, 11) is 0. The number of hydrogen-bond acceptors (Lipinski definition) is 4. The summed E-state index contributed by atoms with van der Waals surface area (Å²) in [4.78, 5) is 15.2. The van der Waals surface area contributed by atoms with Crippen molar-refractivity contribution in [2.75, 3.05) is 6.54 Å². The van der Waals surface area contributed by atoms with Crippen molar-refractivity contribution >= 4 is 17.2 Å². The summed E-state index contributed by atoms with van der Waals surface area (Å²) in [5, 5.41) is 5.63. The maximum atomic E-state index is 11.0. The number of likely N-dealkylation sites (N-methyl/N-ethyl adjacent to an activating group) is 1. The summed E-state index contributed by atoms with van der Waals surface area (Å²) in [6.07, 6.45) is 0. The molecule has 0 aliphatic heterocycles. The summed E-state index contributed by atoms with van der Waals surface area (Å²) >= 11 is 1.45. The lowest BCUT2D eigenvalue weighted by Gasteiger charge is -2.10. The van der Waals surface area contributed by atoms with E-state index in [-0.39, 0.29) is 5.91 Å². The van der Waals surface area contributed by atoms with E-state index in [1.807, 2.05) is 19.2 Å². The lowest BCUT2D eigenvalue weighted by atomic mass is 10.3. The van der Waals surface area contributed by atoms with Gasteiger partial charge in [0.1, 0.15) is 11.0 Å². The molecule has 0 fully saturated rings. The molecule has 72 valence electrons. The predicted octanol–water partition coefficient (Wildman–Crippen LogP) is 0.587. The van der Waals surface area contributed by atoms with Crippen LogP contribution in [0.5, 0.6) is 0 Å². The Morgan fingerprint density at radius 2 is 2.54 bits per heavy atom. The Balaban J connectivity index is 2.81. The number of nitrogens with zero attached hydrogens (tertiary/aromatic N) is 1. The van der Waals surface area contributed by atoms with E-state index in [9.17, 15) is 4.79 Å². The van der Waals surface area contributed by atoms with Crippen molar-refractivity contribution in [2.45, 2.75) is 19.9 Å². The largest absolute Gasteiger partial charge is 0.368 e. The van der Waals surface area contributed by atoms with Crippen LogP contribution in [-0.4, -0.2) is 17.4 Å². The van der Waals surface area contributed by atoms with Crippen LogP contribution in [0.3, 0.4) is 0 Å². The smallest absolute Gasteiger partial charge is 0.241 e. The van der Waals surface area contributed by atoms with E-state index >= 15 is 0 Å². The first-order valence-corrected chi connectivity index (χ1v) is 4.97. The first kappa shape index (κ1) is 10.1. The maximum Gasteiger partial charge on any atom is 0.241 e. The molecule has 1 aromatic heterocycles. The molecule has 0 bridgehead atoms. The summed E-state index contributed by atoms with van der Waals surface area (Å²) in [6, 6.07) is -0.441. The van der Waals surface area contributed by atoms with Crippen LogP contribution in [0.25, 0.3) is 0 Å². The van der Waals surface area contributed by atoms with Crippen LogP contribution < -0.4 is 11.1 Å². The third-order valence-corrected chi connectivity index (χ3v) is 2.60. The molecule has 5 heteroatoms. The van der Waals surface area contributed by atoms with Crippen molar-refractivity contribution in [3.8, 4) is 0 Å². The Labute approximate surface area is 81.2 Å². The van der Waals surface area contributed by atoms with E-state index in [4.69, 9.17) is 5.73 Å². The van der Waals surface area contributed by atoms with Crippen molar-refractivity contribution in [1.29, 1.82) is 0 Å². The van der Waals surface area contributed by atoms with E-state index in [1.165, 1.54) is 11.3 Å². The van der Waals surface area contributed by atoms with Gasteiger partial charge in [-0.25, -0.2) is 4.98 Å². The van der Waals surface area contributed by atoms with Crippen LogP contribution in [0.15, 0.2) is 5.38 Å². The highest BCUT2D eigenvalue weighted by Crippen LogP contribution is 2.17. The number of primary amides is 1. The fraction of sp³-hybridized carbons (Fsp3) is 0.500. The number of aryl methyl sites for hydroxylation is 1. The molecule has 1 unspecified atom stereocenters. The average molecular weight is 199 g/mol. The minimum absolute atomic E-state index is 0.379. The number of rotatable bonds is 4. The number of nitrogens with two attached hydrogens (primary N) is 1. The predicted molar refractivity (Wildman–Crippen MR) is 52.5 cm³/mol. The van der Waals surface area contributed by atoms with Gasteiger partial charge in [-0.15, -0.1) is 11.3 Å². The van der Waals surface area contributed by atoms with Gasteiger partial charge >= 0.3 is 0 Å². The summed E-state index contributed by atoms with van der Waals surface area (Å²) in [6.45, 7) is 4.52. The van der Waals surface area contributed by atoms with Crippen molar-refractivity contribution in [1.82, 2.24) is 10.3 Å². The molecule has 0 aliphatic carbocycles. The lowest BCUT2D eigenvalue weighted by molar-refractivity contribution is -0.120. The van der Waals surface area contributed by atoms with Gasteiger partial charge in [-0.2, -0.15) is 0 Å². The summed E-state index contributed by atoms with van der Waals surface area (Å²) in [5.74, 6) is -0.379. The Bertz CT molecular complexity index is 297. The van der Waals surface area contributed by atoms with Gasteiger partial charge < -0.3 is 11.1 Å². The SMILES string of the molecule is CCNC(C(N)=O)c1nc(C)cs1. The van der Waals surface area contributed by atoms with Crippen molar-refractivity contribution in [3.05, 3.63) is 16.1 Å². The highest BCUT2D eigenvalue weighted by atomic mass is 32.1. The van der Waals surface area contributed by atoms with Crippen molar-refractivity contribution in [3.63, 3.8) is 0 Å². The first-order valence-electron chi connectivity index (χ1n) is 4.10. The molecule has 1 atom stereocenters. The second-order valence-corrected chi connectivity index (χ2v) is 3.61. The Morgan fingerprint density at radius 3 is 2.92 bits per heavy atom. The molecule has 0 aromatic carbocycles. The van der Waals surface area contributed by atoms with Crippen LogP contribution in [-0.2, 0) is 4.79 Å². The normalized spacial score (nSPS) is 12.8. The van der Waals surface area contributed by atoms with Gasteiger partial charge in [0.2, 0.25) is 5.91 Å². The zero-order valence-corrected chi connectivity index (χ0v) is 8.52. The minimum Gasteiger partial charge on any atom is -0.368 e. The van der Waals surface area contributed by atoms with Crippen LogP contribution in [0.1, 0.15) is 23.7 Å². The number of hydrogen-bond donors (Lipinski definition) is 2. The van der Waals surface area contributed by atoms with Crippen LogP contribution in [0, 0.1) is 6.92 Å². The van der Waals surface area contributed by atoms with Crippen LogP contribution in [0.4, 0.5) is 0 Å². The van der Waals surface area contributed by atoms with Crippen molar-refractivity contribution in [2.24, 2.45) is 5.73 Å². The van der Waals surface area contributed by atoms with E-state index in [0.29, 0.717) is 6.54 Å². The fourth-order valence-electron chi connectivity index (χ4n) is 1.02. The molecule has 13 heavy (non-hydrogen) atoms. The van der Waals surface area contributed by atoms with Gasteiger partial charge in [0.15, 0.2) is 0 Å².